The molecule has 0 aromatic heterocycles. The third kappa shape index (κ3) is 5.16. The van der Waals surface area contributed by atoms with Crippen molar-refractivity contribution >= 4 is 11.6 Å². The minimum Gasteiger partial charge on any atom is -0.398 e. The van der Waals surface area contributed by atoms with E-state index in [-0.39, 0.29) is 6.54 Å². The van der Waals surface area contributed by atoms with Crippen LogP contribution in [0.1, 0.15) is 18.1 Å². The summed E-state index contributed by atoms with van der Waals surface area (Å²) in [7, 11) is 0. The molecule has 5 heteroatoms. The van der Waals surface area contributed by atoms with Crippen LogP contribution in [0.2, 0.25) is 0 Å². The number of hydroxylamine groups is 2. The van der Waals surface area contributed by atoms with E-state index in [0.29, 0.717) is 23.0 Å². The van der Waals surface area contributed by atoms with E-state index in [0.717, 1.165) is 11.1 Å². The summed E-state index contributed by atoms with van der Waals surface area (Å²) in [5.74, 6) is -0.472. The summed E-state index contributed by atoms with van der Waals surface area (Å²) in [4.78, 5) is 12.0. The lowest BCUT2D eigenvalue weighted by atomic mass is 10.2. The number of rotatable bonds is 6. The number of anilines is 1. The van der Waals surface area contributed by atoms with Crippen LogP contribution in [0.15, 0.2) is 66.4 Å². The Kier molecular flexibility index (Phi) is 5.77. The van der Waals surface area contributed by atoms with Gasteiger partial charge < -0.3 is 11.1 Å². The quantitative estimate of drug-likeness (QED) is 0.332. The molecular formula is C18H21N3O2. The van der Waals surface area contributed by atoms with Crippen molar-refractivity contribution in [2.24, 2.45) is 0 Å². The molecule has 0 spiro atoms. The molecule has 4 N–H and O–H groups in total. The lowest BCUT2D eigenvalue weighted by molar-refractivity contribution is -0.161. The van der Waals surface area contributed by atoms with Gasteiger partial charge in [-0.15, -0.1) is 0 Å². The van der Waals surface area contributed by atoms with Crippen LogP contribution >= 0.6 is 0 Å². The number of benzene rings is 2. The number of carbonyl (C=O) groups excluding carboxylic acids is 1. The molecule has 0 atom stereocenters. The monoisotopic (exact) mass is 311 g/mol. The Labute approximate surface area is 136 Å². The van der Waals surface area contributed by atoms with E-state index >= 15 is 0 Å². The van der Waals surface area contributed by atoms with Gasteiger partial charge in [-0.2, -0.15) is 0 Å². The maximum absolute atomic E-state index is 12.0. The molecule has 5 nitrogen and oxygen atoms in total. The van der Waals surface area contributed by atoms with Crippen LogP contribution in [-0.4, -0.2) is 16.2 Å². The van der Waals surface area contributed by atoms with Crippen LogP contribution in [0.5, 0.6) is 0 Å². The third-order valence-electron chi connectivity index (χ3n) is 3.38. The van der Waals surface area contributed by atoms with E-state index in [4.69, 9.17) is 5.73 Å². The average Bonchev–Trinajstić information content (AvgIpc) is 2.55. The van der Waals surface area contributed by atoms with Gasteiger partial charge in [-0.05, 0) is 24.1 Å². The van der Waals surface area contributed by atoms with Crippen LogP contribution in [-0.2, 0) is 17.9 Å². The largest absolute Gasteiger partial charge is 0.398 e. The lowest BCUT2D eigenvalue weighted by Crippen LogP contribution is -2.26. The molecule has 1 amide bonds. The molecular weight excluding hydrogens is 290 g/mol. The Bertz CT molecular complexity index is 684. The molecule has 0 aliphatic heterocycles. The van der Waals surface area contributed by atoms with Gasteiger partial charge in [-0.1, -0.05) is 48.5 Å². The number of nitrogens with two attached hydrogens (primary N) is 1. The SMILES string of the molecule is C/C(=C\C(=O)N(O)Cc1ccccc1)NCc1ccccc1N. The number of nitrogens with zero attached hydrogens (tertiary/aromatic N) is 1. The fourth-order valence-corrected chi connectivity index (χ4v) is 2.07. The summed E-state index contributed by atoms with van der Waals surface area (Å²) in [6, 6.07) is 16.8. The van der Waals surface area contributed by atoms with Gasteiger partial charge in [0.15, 0.2) is 0 Å². The normalized spacial score (nSPS) is 11.1. The molecule has 0 fully saturated rings. The number of hydrogen-bond donors (Lipinski definition) is 3. The van der Waals surface area contributed by atoms with Crippen LogP contribution < -0.4 is 11.1 Å². The van der Waals surface area contributed by atoms with Gasteiger partial charge in [0.2, 0.25) is 0 Å². The van der Waals surface area contributed by atoms with Crippen molar-refractivity contribution in [2.45, 2.75) is 20.0 Å². The first-order valence-corrected chi connectivity index (χ1v) is 7.36. The maximum atomic E-state index is 12.0. The second-order valence-electron chi connectivity index (χ2n) is 5.26. The molecule has 0 aliphatic rings. The summed E-state index contributed by atoms with van der Waals surface area (Å²) in [5, 5.41) is 13.6. The van der Waals surface area contributed by atoms with E-state index in [1.165, 1.54) is 6.08 Å². The topological polar surface area (TPSA) is 78.6 Å². The van der Waals surface area contributed by atoms with Gasteiger partial charge in [-0.25, -0.2) is 5.06 Å². The Hall–Kier alpha value is -2.79. The van der Waals surface area contributed by atoms with E-state index in [1.54, 1.807) is 6.92 Å². The maximum Gasteiger partial charge on any atom is 0.271 e. The Morgan fingerprint density at radius 2 is 1.83 bits per heavy atom. The highest BCUT2D eigenvalue weighted by molar-refractivity contribution is 5.87. The van der Waals surface area contributed by atoms with Gasteiger partial charge in [-0.3, -0.25) is 10.0 Å². The number of hydrogen-bond acceptors (Lipinski definition) is 4. The Morgan fingerprint density at radius 3 is 2.52 bits per heavy atom. The van der Waals surface area contributed by atoms with Crippen molar-refractivity contribution in [2.75, 3.05) is 5.73 Å². The molecule has 0 radical (unpaired) electrons. The van der Waals surface area contributed by atoms with Crippen LogP contribution in [0.4, 0.5) is 5.69 Å². The van der Waals surface area contributed by atoms with Gasteiger partial charge in [0.25, 0.3) is 5.91 Å². The van der Waals surface area contributed by atoms with Crippen molar-refractivity contribution in [1.82, 2.24) is 10.4 Å². The summed E-state index contributed by atoms with van der Waals surface area (Å²) < 4.78 is 0. The van der Waals surface area contributed by atoms with E-state index in [9.17, 15) is 10.0 Å². The second kappa shape index (κ2) is 8.00. The number of amides is 1. The number of para-hydroxylation sites is 1. The molecule has 0 bridgehead atoms. The zero-order valence-electron chi connectivity index (χ0n) is 13.1. The molecule has 2 rings (SSSR count). The van der Waals surface area contributed by atoms with Gasteiger partial charge >= 0.3 is 0 Å². The number of nitrogens with one attached hydrogen (secondary N) is 1. The predicted molar refractivity (Wildman–Crippen MR) is 90.2 cm³/mol. The van der Waals surface area contributed by atoms with Crippen molar-refractivity contribution in [3.63, 3.8) is 0 Å². The van der Waals surface area contributed by atoms with Gasteiger partial charge in [0, 0.05) is 24.0 Å². The molecule has 120 valence electrons. The van der Waals surface area contributed by atoms with Crippen molar-refractivity contribution in [1.29, 1.82) is 0 Å². The summed E-state index contributed by atoms with van der Waals surface area (Å²) in [5.41, 5.74) is 9.04. The van der Waals surface area contributed by atoms with Crippen molar-refractivity contribution in [3.05, 3.63) is 77.5 Å². The summed E-state index contributed by atoms with van der Waals surface area (Å²) in [6.07, 6.45) is 1.36. The molecule has 0 saturated carbocycles. The number of carbonyl (C=O) groups is 1. The zero-order chi connectivity index (χ0) is 16.7. The predicted octanol–water partition coefficient (Wildman–Crippen LogP) is 2.68. The highest BCUT2D eigenvalue weighted by atomic mass is 16.5. The fourth-order valence-electron chi connectivity index (χ4n) is 2.07. The first-order chi connectivity index (χ1) is 11.1. The first kappa shape index (κ1) is 16.6. The van der Waals surface area contributed by atoms with Crippen molar-refractivity contribution in [3.8, 4) is 0 Å². The Morgan fingerprint density at radius 1 is 1.17 bits per heavy atom. The van der Waals surface area contributed by atoms with E-state index < -0.39 is 5.91 Å². The second-order valence-corrected chi connectivity index (χ2v) is 5.26. The fraction of sp³-hybridized carbons (Fsp3) is 0.167. The number of allylic oxidation sites excluding steroid dienone is 1. The Balaban J connectivity index is 1.89. The first-order valence-electron chi connectivity index (χ1n) is 7.36. The zero-order valence-corrected chi connectivity index (χ0v) is 13.1. The van der Waals surface area contributed by atoms with E-state index in [1.807, 2.05) is 54.6 Å². The molecule has 0 unspecified atom stereocenters. The molecule has 0 saturated heterocycles. The highest BCUT2D eigenvalue weighted by Crippen LogP contribution is 2.10. The van der Waals surface area contributed by atoms with Gasteiger partial charge in [0.1, 0.15) is 0 Å². The lowest BCUT2D eigenvalue weighted by Gasteiger charge is -2.14. The third-order valence-corrected chi connectivity index (χ3v) is 3.38. The molecule has 2 aromatic carbocycles. The molecule has 23 heavy (non-hydrogen) atoms. The summed E-state index contributed by atoms with van der Waals surface area (Å²) >= 11 is 0. The average molecular weight is 311 g/mol. The highest BCUT2D eigenvalue weighted by Gasteiger charge is 2.09. The van der Waals surface area contributed by atoms with Gasteiger partial charge in [0.05, 0.1) is 6.54 Å². The van der Waals surface area contributed by atoms with Crippen LogP contribution in [0.25, 0.3) is 0 Å². The molecule has 2 aromatic rings. The minimum atomic E-state index is -0.472. The van der Waals surface area contributed by atoms with Crippen LogP contribution in [0.3, 0.4) is 0 Å². The van der Waals surface area contributed by atoms with Crippen molar-refractivity contribution < 1.29 is 10.0 Å². The van der Waals surface area contributed by atoms with Crippen LogP contribution in [0, 0.1) is 0 Å². The smallest absolute Gasteiger partial charge is 0.271 e. The number of nitrogen functional groups attached to an aromatic ring is 1. The van der Waals surface area contributed by atoms with E-state index in [2.05, 4.69) is 5.32 Å². The molecule has 0 heterocycles. The summed E-state index contributed by atoms with van der Waals surface area (Å²) in [6.45, 7) is 2.44. The molecule has 0 aliphatic carbocycles. The minimum absolute atomic E-state index is 0.148. The standard InChI is InChI=1S/C18H21N3O2/c1-14(20-12-16-9-5-6-10-17(16)19)11-18(22)21(23)13-15-7-3-2-4-8-15/h2-11,20,23H,12-13,19H2,1H3/b14-11+.